The molecule has 0 radical (unpaired) electrons. The van der Waals surface area contributed by atoms with Gasteiger partial charge >= 0.3 is 0 Å². The van der Waals surface area contributed by atoms with Gasteiger partial charge in [-0.25, -0.2) is 0 Å². The predicted molar refractivity (Wildman–Crippen MR) is 75.0 cm³/mol. The van der Waals surface area contributed by atoms with Crippen molar-refractivity contribution in [1.82, 2.24) is 5.32 Å². The number of anilines is 1. The van der Waals surface area contributed by atoms with Crippen molar-refractivity contribution in [3.05, 3.63) is 51.9 Å². The number of rotatable bonds is 5. The highest BCUT2D eigenvalue weighted by Gasteiger charge is 2.04. The summed E-state index contributed by atoms with van der Waals surface area (Å²) in [7, 11) is 0. The summed E-state index contributed by atoms with van der Waals surface area (Å²) in [6.07, 6.45) is 2.53. The van der Waals surface area contributed by atoms with Crippen LogP contribution < -0.4 is 11.1 Å². The van der Waals surface area contributed by atoms with Gasteiger partial charge in [0.25, 0.3) is 0 Å². The molecular weight excluding hydrogens is 271 g/mol. The molecule has 0 aliphatic rings. The van der Waals surface area contributed by atoms with E-state index in [0.717, 1.165) is 24.3 Å². The quantitative estimate of drug-likeness (QED) is 0.653. The first-order valence-corrected chi connectivity index (χ1v) is 6.39. The smallest absolute Gasteiger partial charge is 0.105 e. The van der Waals surface area contributed by atoms with Gasteiger partial charge in [0.05, 0.1) is 22.0 Å². The van der Waals surface area contributed by atoms with E-state index in [0.29, 0.717) is 22.3 Å². The van der Waals surface area contributed by atoms with Gasteiger partial charge < -0.3 is 15.5 Å². The highest BCUT2D eigenvalue weighted by atomic mass is 35.5. The maximum absolute atomic E-state index is 5.96. The van der Waals surface area contributed by atoms with Crippen LogP contribution in [0.3, 0.4) is 0 Å². The van der Waals surface area contributed by atoms with E-state index in [4.69, 9.17) is 33.4 Å². The molecule has 18 heavy (non-hydrogen) atoms. The Hall–Kier alpha value is -1.16. The molecule has 0 aliphatic heterocycles. The molecule has 0 bridgehead atoms. The van der Waals surface area contributed by atoms with E-state index < -0.39 is 0 Å². The van der Waals surface area contributed by atoms with Crippen molar-refractivity contribution < 1.29 is 4.42 Å². The SMILES string of the molecule is Nc1c(Cl)cc(CNCCc2ccco2)cc1Cl. The van der Waals surface area contributed by atoms with Gasteiger partial charge in [0.1, 0.15) is 5.76 Å². The summed E-state index contributed by atoms with van der Waals surface area (Å²) in [6, 6.07) is 7.48. The summed E-state index contributed by atoms with van der Waals surface area (Å²) in [5.74, 6) is 0.968. The average molecular weight is 285 g/mol. The summed E-state index contributed by atoms with van der Waals surface area (Å²) in [5.41, 5.74) is 7.11. The topological polar surface area (TPSA) is 51.2 Å². The molecule has 0 fully saturated rings. The molecule has 0 atom stereocenters. The van der Waals surface area contributed by atoms with Gasteiger partial charge in [-0.05, 0) is 29.8 Å². The minimum Gasteiger partial charge on any atom is -0.469 e. The summed E-state index contributed by atoms with van der Waals surface area (Å²) >= 11 is 11.9. The fourth-order valence-electron chi connectivity index (χ4n) is 1.64. The Morgan fingerprint density at radius 2 is 1.94 bits per heavy atom. The Balaban J connectivity index is 1.83. The molecule has 5 heteroatoms. The zero-order valence-corrected chi connectivity index (χ0v) is 11.3. The second kappa shape index (κ2) is 6.14. The highest BCUT2D eigenvalue weighted by molar-refractivity contribution is 6.38. The fraction of sp³-hybridized carbons (Fsp3) is 0.231. The summed E-state index contributed by atoms with van der Waals surface area (Å²) < 4.78 is 5.24. The van der Waals surface area contributed by atoms with Crippen molar-refractivity contribution in [2.75, 3.05) is 12.3 Å². The van der Waals surface area contributed by atoms with E-state index in [1.165, 1.54) is 0 Å². The number of hydrogen-bond acceptors (Lipinski definition) is 3. The number of nitrogens with one attached hydrogen (secondary N) is 1. The fourth-order valence-corrected chi connectivity index (χ4v) is 2.17. The lowest BCUT2D eigenvalue weighted by Crippen LogP contribution is -2.16. The van der Waals surface area contributed by atoms with Crippen LogP contribution in [0.25, 0.3) is 0 Å². The maximum Gasteiger partial charge on any atom is 0.105 e. The largest absolute Gasteiger partial charge is 0.469 e. The molecule has 1 aromatic carbocycles. The summed E-state index contributed by atoms with van der Waals surface area (Å²) in [5, 5.41) is 4.28. The Morgan fingerprint density at radius 3 is 2.56 bits per heavy atom. The van der Waals surface area contributed by atoms with Gasteiger partial charge in [-0.15, -0.1) is 0 Å². The van der Waals surface area contributed by atoms with Gasteiger partial charge in [-0.2, -0.15) is 0 Å². The second-order valence-corrected chi connectivity index (χ2v) is 4.79. The first-order chi connectivity index (χ1) is 8.66. The zero-order valence-electron chi connectivity index (χ0n) is 9.75. The van der Waals surface area contributed by atoms with Gasteiger partial charge in [-0.3, -0.25) is 0 Å². The standard InChI is InChI=1S/C13H14Cl2N2O/c14-11-6-9(7-12(15)13(11)16)8-17-4-3-10-2-1-5-18-10/h1-2,5-7,17H,3-4,8,16H2. The van der Waals surface area contributed by atoms with Crippen molar-refractivity contribution in [2.45, 2.75) is 13.0 Å². The molecule has 0 saturated carbocycles. The number of halogens is 2. The average Bonchev–Trinajstić information content (AvgIpc) is 2.84. The third-order valence-corrected chi connectivity index (χ3v) is 3.22. The molecule has 1 heterocycles. The third kappa shape index (κ3) is 3.42. The minimum absolute atomic E-state index is 0.428. The van der Waals surface area contributed by atoms with Gasteiger partial charge in [0, 0.05) is 19.5 Å². The summed E-state index contributed by atoms with van der Waals surface area (Å²) in [6.45, 7) is 1.52. The lowest BCUT2D eigenvalue weighted by molar-refractivity contribution is 0.499. The molecule has 96 valence electrons. The molecule has 0 saturated heterocycles. The molecule has 0 amide bonds. The lowest BCUT2D eigenvalue weighted by Gasteiger charge is -2.07. The van der Waals surface area contributed by atoms with Gasteiger partial charge in [-0.1, -0.05) is 23.2 Å². The molecule has 3 nitrogen and oxygen atoms in total. The van der Waals surface area contributed by atoms with E-state index in [9.17, 15) is 0 Å². The second-order valence-electron chi connectivity index (χ2n) is 3.98. The lowest BCUT2D eigenvalue weighted by atomic mass is 10.2. The van der Waals surface area contributed by atoms with Crippen LogP contribution in [0.5, 0.6) is 0 Å². The summed E-state index contributed by atoms with van der Waals surface area (Å²) in [4.78, 5) is 0. The van der Waals surface area contributed by atoms with Crippen LogP contribution in [-0.4, -0.2) is 6.54 Å². The zero-order chi connectivity index (χ0) is 13.0. The monoisotopic (exact) mass is 284 g/mol. The van der Waals surface area contributed by atoms with Crippen LogP contribution in [0.15, 0.2) is 34.9 Å². The molecular formula is C13H14Cl2N2O. The Labute approximate surface area is 116 Å². The number of nitrogens with two attached hydrogens (primary N) is 1. The van der Waals surface area contributed by atoms with Crippen molar-refractivity contribution in [2.24, 2.45) is 0 Å². The molecule has 0 unspecified atom stereocenters. The molecule has 2 aromatic rings. The maximum atomic E-state index is 5.96. The molecule has 0 aliphatic carbocycles. The number of hydrogen-bond donors (Lipinski definition) is 2. The van der Waals surface area contributed by atoms with Crippen LogP contribution in [0.2, 0.25) is 10.0 Å². The van der Waals surface area contributed by atoms with E-state index in [2.05, 4.69) is 5.32 Å². The van der Waals surface area contributed by atoms with Crippen LogP contribution in [0, 0.1) is 0 Å². The van der Waals surface area contributed by atoms with Crippen LogP contribution in [-0.2, 0) is 13.0 Å². The number of nitrogen functional groups attached to an aromatic ring is 1. The first-order valence-electron chi connectivity index (χ1n) is 5.63. The van der Waals surface area contributed by atoms with Crippen LogP contribution in [0.1, 0.15) is 11.3 Å². The van der Waals surface area contributed by atoms with E-state index in [1.807, 2.05) is 24.3 Å². The van der Waals surface area contributed by atoms with E-state index in [-0.39, 0.29) is 0 Å². The Morgan fingerprint density at radius 1 is 1.22 bits per heavy atom. The third-order valence-electron chi connectivity index (χ3n) is 2.60. The molecule has 2 rings (SSSR count). The highest BCUT2D eigenvalue weighted by Crippen LogP contribution is 2.28. The Bertz CT molecular complexity index is 489. The number of benzene rings is 1. The molecule has 3 N–H and O–H groups in total. The van der Waals surface area contributed by atoms with Crippen LogP contribution >= 0.6 is 23.2 Å². The molecule has 0 spiro atoms. The minimum atomic E-state index is 0.428. The van der Waals surface area contributed by atoms with E-state index in [1.54, 1.807) is 6.26 Å². The van der Waals surface area contributed by atoms with Crippen molar-refractivity contribution in [3.63, 3.8) is 0 Å². The van der Waals surface area contributed by atoms with Crippen molar-refractivity contribution in [3.8, 4) is 0 Å². The van der Waals surface area contributed by atoms with Gasteiger partial charge in [0.15, 0.2) is 0 Å². The van der Waals surface area contributed by atoms with Crippen molar-refractivity contribution >= 4 is 28.9 Å². The predicted octanol–water partition coefficient (Wildman–Crippen LogP) is 3.50. The normalized spacial score (nSPS) is 10.8. The van der Waals surface area contributed by atoms with Crippen LogP contribution in [0.4, 0.5) is 5.69 Å². The number of furan rings is 1. The molecule has 1 aromatic heterocycles. The first kappa shape index (κ1) is 13.3. The van der Waals surface area contributed by atoms with Gasteiger partial charge in [0.2, 0.25) is 0 Å². The van der Waals surface area contributed by atoms with E-state index >= 15 is 0 Å². The van der Waals surface area contributed by atoms with Crippen molar-refractivity contribution in [1.29, 1.82) is 0 Å². The Kier molecular flexibility index (Phi) is 4.53.